The van der Waals surface area contributed by atoms with Gasteiger partial charge in [-0.2, -0.15) is 0 Å². The topological polar surface area (TPSA) is 30.7 Å². The average Bonchev–Trinajstić information content (AvgIpc) is 2.92. The van der Waals surface area contributed by atoms with E-state index in [2.05, 4.69) is 42.5 Å². The SMILES string of the molecule is CCCc1nnc(Cl)n1C1C2(C)CCC(C2)C1(C)C. The van der Waals surface area contributed by atoms with Gasteiger partial charge in [-0.05, 0) is 54.0 Å². The molecule has 0 spiro atoms. The van der Waals surface area contributed by atoms with Gasteiger partial charge in [0, 0.05) is 12.5 Å². The summed E-state index contributed by atoms with van der Waals surface area (Å²) in [6.07, 6.45) is 6.05. The van der Waals surface area contributed by atoms with Crippen molar-refractivity contribution in [2.24, 2.45) is 16.7 Å². The Kier molecular flexibility index (Phi) is 2.97. The molecule has 0 aromatic carbocycles. The van der Waals surface area contributed by atoms with Gasteiger partial charge in [-0.25, -0.2) is 0 Å². The van der Waals surface area contributed by atoms with Crippen molar-refractivity contribution in [2.45, 2.75) is 65.8 Å². The Morgan fingerprint density at radius 3 is 2.63 bits per heavy atom. The third kappa shape index (κ3) is 1.77. The van der Waals surface area contributed by atoms with Gasteiger partial charge in [0.05, 0.1) is 0 Å². The molecule has 2 aliphatic carbocycles. The van der Waals surface area contributed by atoms with Gasteiger partial charge in [-0.3, -0.25) is 4.57 Å². The summed E-state index contributed by atoms with van der Waals surface area (Å²) < 4.78 is 2.25. The van der Waals surface area contributed by atoms with E-state index >= 15 is 0 Å². The van der Waals surface area contributed by atoms with E-state index in [9.17, 15) is 0 Å². The molecule has 2 saturated carbocycles. The van der Waals surface area contributed by atoms with E-state index in [0.29, 0.717) is 22.2 Å². The molecule has 2 fully saturated rings. The molecular weight excluding hydrogens is 258 g/mol. The van der Waals surface area contributed by atoms with Crippen molar-refractivity contribution in [2.75, 3.05) is 0 Å². The Bertz CT molecular complexity index is 489. The minimum atomic E-state index is 0.293. The lowest BCUT2D eigenvalue weighted by Gasteiger charge is -2.44. The third-order valence-corrected chi connectivity index (χ3v) is 5.91. The van der Waals surface area contributed by atoms with Crippen LogP contribution in [0.4, 0.5) is 0 Å². The third-order valence-electron chi connectivity index (χ3n) is 5.65. The lowest BCUT2D eigenvalue weighted by Crippen LogP contribution is -2.38. The van der Waals surface area contributed by atoms with E-state index < -0.39 is 0 Å². The molecule has 3 rings (SSSR count). The summed E-state index contributed by atoms with van der Waals surface area (Å²) in [5.41, 5.74) is 0.657. The summed E-state index contributed by atoms with van der Waals surface area (Å²) in [5, 5.41) is 9.03. The van der Waals surface area contributed by atoms with Crippen molar-refractivity contribution in [3.05, 3.63) is 11.1 Å². The minimum Gasteiger partial charge on any atom is -0.298 e. The molecule has 0 amide bonds. The number of nitrogens with zero attached hydrogens (tertiary/aromatic N) is 3. The molecule has 106 valence electrons. The van der Waals surface area contributed by atoms with Gasteiger partial charge in [-0.15, -0.1) is 10.2 Å². The number of halogens is 1. The second kappa shape index (κ2) is 4.21. The van der Waals surface area contributed by atoms with Crippen LogP contribution in [-0.2, 0) is 6.42 Å². The number of aromatic nitrogens is 3. The molecule has 3 unspecified atom stereocenters. The fourth-order valence-electron chi connectivity index (χ4n) is 4.87. The Morgan fingerprint density at radius 2 is 2.05 bits per heavy atom. The molecule has 3 atom stereocenters. The molecular formula is C15H24ClN3. The molecule has 0 radical (unpaired) electrons. The fourth-order valence-corrected chi connectivity index (χ4v) is 5.10. The highest BCUT2D eigenvalue weighted by molar-refractivity contribution is 6.28. The van der Waals surface area contributed by atoms with Crippen LogP contribution in [0, 0.1) is 16.7 Å². The zero-order valence-electron chi connectivity index (χ0n) is 12.4. The largest absolute Gasteiger partial charge is 0.298 e. The predicted octanol–water partition coefficient (Wildman–Crippen LogP) is 4.27. The maximum absolute atomic E-state index is 6.38. The number of fused-ring (bicyclic) bond motifs is 2. The quantitative estimate of drug-likeness (QED) is 0.828. The molecule has 2 bridgehead atoms. The van der Waals surface area contributed by atoms with Crippen molar-refractivity contribution in [3.63, 3.8) is 0 Å². The van der Waals surface area contributed by atoms with Gasteiger partial charge < -0.3 is 0 Å². The van der Waals surface area contributed by atoms with E-state index in [1.807, 2.05) is 0 Å². The van der Waals surface area contributed by atoms with E-state index in [4.69, 9.17) is 11.6 Å². The summed E-state index contributed by atoms with van der Waals surface area (Å²) >= 11 is 6.38. The molecule has 3 nitrogen and oxygen atoms in total. The van der Waals surface area contributed by atoms with Crippen molar-refractivity contribution >= 4 is 11.6 Å². The van der Waals surface area contributed by atoms with Crippen molar-refractivity contribution in [3.8, 4) is 0 Å². The summed E-state index contributed by atoms with van der Waals surface area (Å²) in [4.78, 5) is 0. The number of rotatable bonds is 3. The van der Waals surface area contributed by atoms with E-state index in [1.54, 1.807) is 0 Å². The zero-order valence-corrected chi connectivity index (χ0v) is 13.2. The van der Waals surface area contributed by atoms with E-state index in [0.717, 1.165) is 24.6 Å². The minimum absolute atomic E-state index is 0.293. The number of hydrogen-bond donors (Lipinski definition) is 0. The number of hydrogen-bond acceptors (Lipinski definition) is 2. The summed E-state index contributed by atoms with van der Waals surface area (Å²) in [5.74, 6) is 1.88. The standard InChI is InChI=1S/C15H24ClN3/c1-5-6-11-17-18-13(16)19(11)12-14(2,3)10-7-8-15(12,4)9-10/h10,12H,5-9H2,1-4H3. The van der Waals surface area contributed by atoms with Crippen LogP contribution >= 0.6 is 11.6 Å². The zero-order chi connectivity index (χ0) is 13.8. The normalized spacial score (nSPS) is 36.1. The second-order valence-electron chi connectivity index (χ2n) is 7.32. The molecule has 1 aromatic heterocycles. The Morgan fingerprint density at radius 1 is 1.32 bits per heavy atom. The fraction of sp³-hybridized carbons (Fsp3) is 0.867. The maximum atomic E-state index is 6.38. The Balaban J connectivity index is 2.08. The van der Waals surface area contributed by atoms with Gasteiger partial charge in [0.25, 0.3) is 0 Å². The molecule has 2 aliphatic rings. The second-order valence-corrected chi connectivity index (χ2v) is 7.66. The average molecular weight is 282 g/mol. The van der Waals surface area contributed by atoms with Crippen LogP contribution in [0.25, 0.3) is 0 Å². The van der Waals surface area contributed by atoms with Crippen LogP contribution < -0.4 is 0 Å². The molecule has 0 saturated heterocycles. The Labute approximate surface area is 120 Å². The van der Waals surface area contributed by atoms with Crippen molar-refractivity contribution < 1.29 is 0 Å². The smallest absolute Gasteiger partial charge is 0.225 e. The Hall–Kier alpha value is -0.570. The maximum Gasteiger partial charge on any atom is 0.225 e. The van der Waals surface area contributed by atoms with E-state index in [-0.39, 0.29) is 0 Å². The first-order valence-corrected chi connectivity index (χ1v) is 7.87. The predicted molar refractivity (Wildman–Crippen MR) is 77.3 cm³/mol. The molecule has 0 aliphatic heterocycles. The van der Waals surface area contributed by atoms with Crippen LogP contribution in [-0.4, -0.2) is 14.8 Å². The van der Waals surface area contributed by atoms with Crippen LogP contribution in [0.3, 0.4) is 0 Å². The summed E-state index contributed by atoms with van der Waals surface area (Å²) in [7, 11) is 0. The lowest BCUT2D eigenvalue weighted by molar-refractivity contribution is 0.0810. The van der Waals surface area contributed by atoms with Crippen LogP contribution in [0.15, 0.2) is 0 Å². The molecule has 0 N–H and O–H groups in total. The summed E-state index contributed by atoms with van der Waals surface area (Å²) in [6.45, 7) is 9.41. The monoisotopic (exact) mass is 281 g/mol. The van der Waals surface area contributed by atoms with Gasteiger partial charge in [0.15, 0.2) is 0 Å². The number of aryl methyl sites for hydroxylation is 1. The molecule has 1 aromatic rings. The first-order chi connectivity index (χ1) is 8.90. The highest BCUT2D eigenvalue weighted by atomic mass is 35.5. The highest BCUT2D eigenvalue weighted by Crippen LogP contribution is 2.68. The highest BCUT2D eigenvalue weighted by Gasteiger charge is 2.60. The van der Waals surface area contributed by atoms with Crippen molar-refractivity contribution in [1.82, 2.24) is 14.8 Å². The first kappa shape index (κ1) is 13.4. The molecule has 19 heavy (non-hydrogen) atoms. The molecule has 4 heteroatoms. The van der Waals surface area contributed by atoms with Gasteiger partial charge in [0.1, 0.15) is 5.82 Å². The summed E-state index contributed by atoms with van der Waals surface area (Å²) in [6, 6.07) is 0.447. The first-order valence-electron chi connectivity index (χ1n) is 7.49. The van der Waals surface area contributed by atoms with Crippen LogP contribution in [0.5, 0.6) is 0 Å². The van der Waals surface area contributed by atoms with E-state index in [1.165, 1.54) is 19.3 Å². The van der Waals surface area contributed by atoms with Gasteiger partial charge in [-0.1, -0.05) is 27.7 Å². The van der Waals surface area contributed by atoms with Crippen LogP contribution in [0.2, 0.25) is 5.28 Å². The van der Waals surface area contributed by atoms with Gasteiger partial charge in [0.2, 0.25) is 5.28 Å². The van der Waals surface area contributed by atoms with Gasteiger partial charge >= 0.3 is 0 Å². The van der Waals surface area contributed by atoms with Crippen LogP contribution in [0.1, 0.15) is 65.2 Å². The molecule has 1 heterocycles. The van der Waals surface area contributed by atoms with Crippen molar-refractivity contribution in [1.29, 1.82) is 0 Å². The lowest BCUT2D eigenvalue weighted by atomic mass is 9.68.